The Bertz CT molecular complexity index is 431. The Kier molecular flexibility index (Phi) is 5.11. The van der Waals surface area contributed by atoms with E-state index in [0.29, 0.717) is 23.4 Å². The minimum atomic E-state index is -0.861. The number of hydrogen-bond donors (Lipinski definition) is 2. The Morgan fingerprint density at radius 3 is 2.61 bits per heavy atom. The molecule has 0 aromatic carbocycles. The molecule has 100 valence electrons. The van der Waals surface area contributed by atoms with Crippen molar-refractivity contribution in [2.24, 2.45) is 0 Å². The van der Waals surface area contributed by atoms with Gasteiger partial charge < -0.3 is 10.4 Å². The fourth-order valence-corrected chi connectivity index (χ4v) is 1.83. The number of aromatic nitrogens is 1. The molecule has 0 radical (unpaired) electrons. The predicted octanol–water partition coefficient (Wildman–Crippen LogP) is 2.32. The first kappa shape index (κ1) is 14.9. The molecule has 0 aliphatic carbocycles. The maximum absolute atomic E-state index is 11.9. The van der Waals surface area contributed by atoms with Gasteiger partial charge in [-0.05, 0) is 25.8 Å². The fraction of sp³-hybridized carbons (Fsp3) is 0.538. The number of carbonyl (C=O) groups excluding carboxylic acids is 1. The van der Waals surface area contributed by atoms with Gasteiger partial charge in [0, 0.05) is 18.4 Å². The van der Waals surface area contributed by atoms with Gasteiger partial charge in [0.15, 0.2) is 0 Å². The van der Waals surface area contributed by atoms with E-state index < -0.39 is 5.60 Å². The van der Waals surface area contributed by atoms with E-state index in [1.165, 1.54) is 6.20 Å². The van der Waals surface area contributed by atoms with E-state index in [1.54, 1.807) is 13.0 Å². The summed E-state index contributed by atoms with van der Waals surface area (Å²) >= 11 is 5.98. The molecule has 1 aromatic heterocycles. The summed E-state index contributed by atoms with van der Waals surface area (Å²) in [5.41, 5.74) is 0.229. The standard InChI is InChI=1S/C13H19ClN2O2/c1-4-13(18,5-2)8-16-12(17)10-7-15-9(3)6-11(10)14/h6-7,18H,4-5,8H2,1-3H3,(H,16,17). The second kappa shape index (κ2) is 6.16. The molecule has 5 heteroatoms. The normalized spacial score (nSPS) is 11.4. The van der Waals surface area contributed by atoms with Crippen LogP contribution >= 0.6 is 11.6 Å². The van der Waals surface area contributed by atoms with E-state index >= 15 is 0 Å². The molecule has 4 nitrogen and oxygen atoms in total. The van der Waals surface area contributed by atoms with Crippen molar-refractivity contribution in [2.75, 3.05) is 6.54 Å². The zero-order valence-electron chi connectivity index (χ0n) is 11.0. The van der Waals surface area contributed by atoms with E-state index in [2.05, 4.69) is 10.3 Å². The van der Waals surface area contributed by atoms with Crippen LogP contribution in [0.4, 0.5) is 0 Å². The number of aryl methyl sites for hydroxylation is 1. The largest absolute Gasteiger partial charge is 0.388 e. The van der Waals surface area contributed by atoms with Crippen molar-refractivity contribution >= 4 is 17.5 Å². The second-order valence-corrected chi connectivity index (χ2v) is 4.83. The lowest BCUT2D eigenvalue weighted by Crippen LogP contribution is -2.42. The summed E-state index contributed by atoms with van der Waals surface area (Å²) < 4.78 is 0. The molecule has 0 aliphatic heterocycles. The van der Waals surface area contributed by atoms with Crippen LogP contribution in [0.3, 0.4) is 0 Å². The second-order valence-electron chi connectivity index (χ2n) is 4.42. The highest BCUT2D eigenvalue weighted by molar-refractivity contribution is 6.33. The molecule has 0 unspecified atom stereocenters. The molecule has 1 aromatic rings. The van der Waals surface area contributed by atoms with Crippen molar-refractivity contribution < 1.29 is 9.90 Å². The van der Waals surface area contributed by atoms with E-state index in [-0.39, 0.29) is 12.5 Å². The Hall–Kier alpha value is -1.13. The monoisotopic (exact) mass is 270 g/mol. The van der Waals surface area contributed by atoms with Crippen LogP contribution in [-0.2, 0) is 0 Å². The number of pyridine rings is 1. The van der Waals surface area contributed by atoms with Crippen molar-refractivity contribution in [1.29, 1.82) is 0 Å². The fourth-order valence-electron chi connectivity index (χ4n) is 1.53. The number of amides is 1. The number of nitrogens with zero attached hydrogens (tertiary/aromatic N) is 1. The van der Waals surface area contributed by atoms with Crippen molar-refractivity contribution in [3.63, 3.8) is 0 Å². The van der Waals surface area contributed by atoms with Gasteiger partial charge in [0.2, 0.25) is 0 Å². The molecule has 0 atom stereocenters. The van der Waals surface area contributed by atoms with Crippen molar-refractivity contribution in [3.05, 3.63) is 28.5 Å². The lowest BCUT2D eigenvalue weighted by Gasteiger charge is -2.25. The van der Waals surface area contributed by atoms with Crippen molar-refractivity contribution in [3.8, 4) is 0 Å². The molecule has 0 fully saturated rings. The molecule has 1 rings (SSSR count). The highest BCUT2D eigenvalue weighted by Crippen LogP contribution is 2.17. The number of aliphatic hydroxyl groups is 1. The first-order valence-corrected chi connectivity index (χ1v) is 6.42. The van der Waals surface area contributed by atoms with Gasteiger partial charge in [-0.2, -0.15) is 0 Å². The maximum Gasteiger partial charge on any atom is 0.254 e. The quantitative estimate of drug-likeness (QED) is 0.863. The SMILES string of the molecule is CCC(O)(CC)CNC(=O)c1cnc(C)cc1Cl. The molecule has 0 saturated carbocycles. The number of carbonyl (C=O) groups is 1. The molecule has 0 aliphatic rings. The van der Waals surface area contributed by atoms with Crippen LogP contribution in [-0.4, -0.2) is 28.1 Å². The smallest absolute Gasteiger partial charge is 0.254 e. The van der Waals surface area contributed by atoms with Crippen LogP contribution in [0.2, 0.25) is 5.02 Å². The van der Waals surface area contributed by atoms with Crippen LogP contribution in [0.5, 0.6) is 0 Å². The van der Waals surface area contributed by atoms with Crippen LogP contribution in [0, 0.1) is 6.92 Å². The minimum absolute atomic E-state index is 0.211. The third-order valence-corrected chi connectivity index (χ3v) is 3.44. The van der Waals surface area contributed by atoms with Gasteiger partial charge in [0.05, 0.1) is 16.2 Å². The molecule has 0 bridgehead atoms. The van der Waals surface area contributed by atoms with E-state index in [4.69, 9.17) is 11.6 Å². The molecule has 1 amide bonds. The average molecular weight is 271 g/mol. The average Bonchev–Trinajstić information content (AvgIpc) is 2.35. The van der Waals surface area contributed by atoms with E-state index in [9.17, 15) is 9.90 Å². The van der Waals surface area contributed by atoms with Crippen LogP contribution < -0.4 is 5.32 Å². The highest BCUT2D eigenvalue weighted by atomic mass is 35.5. The lowest BCUT2D eigenvalue weighted by atomic mass is 9.97. The van der Waals surface area contributed by atoms with Gasteiger partial charge in [0.25, 0.3) is 5.91 Å². The van der Waals surface area contributed by atoms with E-state index in [0.717, 1.165) is 5.69 Å². The Balaban J connectivity index is 2.71. The summed E-state index contributed by atoms with van der Waals surface area (Å²) in [6, 6.07) is 1.64. The van der Waals surface area contributed by atoms with Crippen molar-refractivity contribution in [1.82, 2.24) is 10.3 Å². The Morgan fingerprint density at radius 2 is 2.11 bits per heavy atom. The Labute approximate surface area is 112 Å². The molecule has 0 saturated heterocycles. The van der Waals surface area contributed by atoms with Gasteiger partial charge >= 0.3 is 0 Å². The number of hydrogen-bond acceptors (Lipinski definition) is 3. The van der Waals surface area contributed by atoms with Gasteiger partial charge in [-0.15, -0.1) is 0 Å². The molecule has 2 N–H and O–H groups in total. The molecular formula is C13H19ClN2O2. The summed E-state index contributed by atoms with van der Waals surface area (Å²) in [6.45, 7) is 5.79. The Morgan fingerprint density at radius 1 is 1.50 bits per heavy atom. The zero-order chi connectivity index (χ0) is 13.8. The number of halogens is 1. The molecule has 1 heterocycles. The summed E-state index contributed by atoms with van der Waals surface area (Å²) in [5.74, 6) is -0.312. The van der Waals surface area contributed by atoms with Gasteiger partial charge in [-0.25, -0.2) is 0 Å². The zero-order valence-corrected chi connectivity index (χ0v) is 11.7. The lowest BCUT2D eigenvalue weighted by molar-refractivity contribution is 0.0314. The first-order chi connectivity index (χ1) is 8.41. The van der Waals surface area contributed by atoms with Crippen LogP contribution in [0.1, 0.15) is 42.7 Å². The third kappa shape index (κ3) is 3.68. The van der Waals surface area contributed by atoms with Gasteiger partial charge in [-0.1, -0.05) is 25.4 Å². The third-order valence-electron chi connectivity index (χ3n) is 3.13. The minimum Gasteiger partial charge on any atom is -0.388 e. The first-order valence-electron chi connectivity index (χ1n) is 6.04. The summed E-state index contributed by atoms with van der Waals surface area (Å²) in [7, 11) is 0. The molecular weight excluding hydrogens is 252 g/mol. The molecule has 0 spiro atoms. The number of nitrogens with one attached hydrogen (secondary N) is 1. The van der Waals surface area contributed by atoms with Crippen molar-refractivity contribution in [2.45, 2.75) is 39.2 Å². The predicted molar refractivity (Wildman–Crippen MR) is 71.8 cm³/mol. The molecule has 18 heavy (non-hydrogen) atoms. The van der Waals surface area contributed by atoms with Gasteiger partial charge in [0.1, 0.15) is 0 Å². The summed E-state index contributed by atoms with van der Waals surface area (Å²) in [6.07, 6.45) is 2.62. The van der Waals surface area contributed by atoms with E-state index in [1.807, 2.05) is 13.8 Å². The maximum atomic E-state index is 11.9. The van der Waals surface area contributed by atoms with Gasteiger partial charge in [-0.3, -0.25) is 9.78 Å². The summed E-state index contributed by atoms with van der Waals surface area (Å²) in [5, 5.41) is 13.1. The van der Waals surface area contributed by atoms with Crippen LogP contribution in [0.25, 0.3) is 0 Å². The topological polar surface area (TPSA) is 62.2 Å². The van der Waals surface area contributed by atoms with Crippen LogP contribution in [0.15, 0.2) is 12.3 Å². The number of rotatable bonds is 5. The highest BCUT2D eigenvalue weighted by Gasteiger charge is 2.23. The summed E-state index contributed by atoms with van der Waals surface area (Å²) in [4.78, 5) is 15.9.